The zero-order valence-electron chi connectivity index (χ0n) is 10.6. The lowest BCUT2D eigenvalue weighted by Crippen LogP contribution is -2.33. The van der Waals surface area contributed by atoms with Crippen LogP contribution in [0.3, 0.4) is 0 Å². The van der Waals surface area contributed by atoms with E-state index in [1.54, 1.807) is 0 Å². The van der Waals surface area contributed by atoms with Gasteiger partial charge in [-0.2, -0.15) is 0 Å². The van der Waals surface area contributed by atoms with Crippen LogP contribution in [0.1, 0.15) is 24.4 Å². The second-order valence-electron chi connectivity index (χ2n) is 5.20. The second-order valence-corrected chi connectivity index (χ2v) is 5.20. The van der Waals surface area contributed by atoms with Crippen LogP contribution in [0, 0.1) is 6.92 Å². The highest BCUT2D eigenvalue weighted by Crippen LogP contribution is 2.25. The third-order valence-electron chi connectivity index (χ3n) is 3.72. The summed E-state index contributed by atoms with van der Waals surface area (Å²) < 4.78 is 2.36. The molecule has 1 atom stereocenters. The van der Waals surface area contributed by atoms with Gasteiger partial charge < -0.3 is 9.47 Å². The van der Waals surface area contributed by atoms with Gasteiger partial charge in [0, 0.05) is 12.6 Å². The topological polar surface area (TPSA) is 21.1 Å². The molecule has 1 saturated heterocycles. The minimum Gasteiger partial charge on any atom is -0.326 e. The average molecular weight is 229 g/mol. The van der Waals surface area contributed by atoms with Crippen LogP contribution in [0.15, 0.2) is 24.5 Å². The summed E-state index contributed by atoms with van der Waals surface area (Å²) in [5, 5.41) is 0. The Bertz CT molecular complexity index is 529. The molecule has 1 fully saturated rings. The predicted molar refractivity (Wildman–Crippen MR) is 70.2 cm³/mol. The Balaban J connectivity index is 2.01. The van der Waals surface area contributed by atoms with Crippen molar-refractivity contribution in [1.29, 1.82) is 0 Å². The summed E-state index contributed by atoms with van der Waals surface area (Å²) >= 11 is 0. The van der Waals surface area contributed by atoms with Gasteiger partial charge in [-0.25, -0.2) is 4.98 Å². The highest BCUT2D eigenvalue weighted by atomic mass is 15.2. The molecule has 0 spiro atoms. The Hall–Kier alpha value is -1.35. The summed E-state index contributed by atoms with van der Waals surface area (Å²) in [4.78, 5) is 6.92. The van der Waals surface area contributed by atoms with Gasteiger partial charge in [0.25, 0.3) is 0 Å². The minimum absolute atomic E-state index is 0.584. The summed E-state index contributed by atoms with van der Waals surface area (Å²) in [5.41, 5.74) is 3.71. The fraction of sp³-hybridized carbons (Fsp3) is 0.500. The zero-order chi connectivity index (χ0) is 11.8. The summed E-state index contributed by atoms with van der Waals surface area (Å²) in [6, 6.07) is 7.08. The fourth-order valence-electron chi connectivity index (χ4n) is 2.79. The maximum atomic E-state index is 4.50. The molecule has 3 rings (SSSR count). The molecule has 0 saturated carbocycles. The molecule has 0 amide bonds. The number of rotatable bonds is 1. The maximum Gasteiger partial charge on any atom is 0.0961 e. The first-order valence-electron chi connectivity index (χ1n) is 6.36. The Morgan fingerprint density at radius 1 is 1.35 bits per heavy atom. The van der Waals surface area contributed by atoms with Gasteiger partial charge in [-0.15, -0.1) is 0 Å². The number of hydrogen-bond acceptors (Lipinski definition) is 2. The van der Waals surface area contributed by atoms with Crippen LogP contribution in [-0.4, -0.2) is 34.6 Å². The van der Waals surface area contributed by atoms with Crippen LogP contribution < -0.4 is 0 Å². The van der Waals surface area contributed by atoms with Crippen LogP contribution in [-0.2, 0) is 0 Å². The SMILES string of the molecule is Cc1ccc2ncn(C3CCCN(C)C3)c2c1. The van der Waals surface area contributed by atoms with Crippen LogP contribution >= 0.6 is 0 Å². The molecule has 1 aliphatic heterocycles. The maximum absolute atomic E-state index is 4.50. The molecule has 0 aliphatic carbocycles. The summed E-state index contributed by atoms with van der Waals surface area (Å²) in [6.45, 7) is 4.51. The van der Waals surface area contributed by atoms with Gasteiger partial charge in [0.1, 0.15) is 0 Å². The van der Waals surface area contributed by atoms with E-state index in [0.717, 1.165) is 12.1 Å². The number of likely N-dealkylation sites (N-methyl/N-ethyl adjacent to an activating group) is 1. The predicted octanol–water partition coefficient (Wildman–Crippen LogP) is 2.61. The molecule has 1 aromatic heterocycles. The van der Waals surface area contributed by atoms with Gasteiger partial charge in [-0.3, -0.25) is 0 Å². The van der Waals surface area contributed by atoms with Crippen LogP contribution in [0.25, 0.3) is 11.0 Å². The van der Waals surface area contributed by atoms with Gasteiger partial charge in [0.05, 0.1) is 17.4 Å². The van der Waals surface area contributed by atoms with Crippen molar-refractivity contribution in [3.8, 4) is 0 Å². The average Bonchev–Trinajstić information content (AvgIpc) is 2.71. The van der Waals surface area contributed by atoms with Crippen LogP contribution in [0.4, 0.5) is 0 Å². The molecule has 17 heavy (non-hydrogen) atoms. The lowest BCUT2D eigenvalue weighted by atomic mass is 10.1. The molecule has 2 heterocycles. The van der Waals surface area contributed by atoms with E-state index in [1.165, 1.54) is 30.5 Å². The van der Waals surface area contributed by atoms with Gasteiger partial charge in [0.2, 0.25) is 0 Å². The first-order valence-corrected chi connectivity index (χ1v) is 6.36. The molecule has 0 N–H and O–H groups in total. The molecular weight excluding hydrogens is 210 g/mol. The molecule has 3 nitrogen and oxygen atoms in total. The second kappa shape index (κ2) is 4.15. The van der Waals surface area contributed by atoms with Crippen LogP contribution in [0.5, 0.6) is 0 Å². The largest absolute Gasteiger partial charge is 0.326 e. The number of fused-ring (bicyclic) bond motifs is 1. The van der Waals surface area contributed by atoms with Crippen molar-refractivity contribution < 1.29 is 0 Å². The molecule has 2 aromatic rings. The van der Waals surface area contributed by atoms with Crippen molar-refractivity contribution >= 4 is 11.0 Å². The normalized spacial score (nSPS) is 22.1. The number of likely N-dealkylation sites (tertiary alicyclic amines) is 1. The third-order valence-corrected chi connectivity index (χ3v) is 3.72. The lowest BCUT2D eigenvalue weighted by molar-refractivity contribution is 0.214. The fourth-order valence-corrected chi connectivity index (χ4v) is 2.79. The van der Waals surface area contributed by atoms with Gasteiger partial charge in [-0.1, -0.05) is 6.07 Å². The number of aryl methyl sites for hydroxylation is 1. The van der Waals surface area contributed by atoms with E-state index in [9.17, 15) is 0 Å². The molecule has 1 aromatic carbocycles. The Morgan fingerprint density at radius 2 is 2.24 bits per heavy atom. The van der Waals surface area contributed by atoms with Crippen molar-refractivity contribution in [3.05, 3.63) is 30.1 Å². The van der Waals surface area contributed by atoms with E-state index in [-0.39, 0.29) is 0 Å². The summed E-state index contributed by atoms with van der Waals surface area (Å²) in [5.74, 6) is 0. The van der Waals surface area contributed by atoms with Crippen molar-refractivity contribution in [2.75, 3.05) is 20.1 Å². The standard InChI is InChI=1S/C14H19N3/c1-11-5-6-13-14(8-11)17(10-15-13)12-4-3-7-16(2)9-12/h5-6,8,10,12H,3-4,7,9H2,1-2H3. The quantitative estimate of drug-likeness (QED) is 0.749. The molecular formula is C14H19N3. The number of nitrogens with zero attached hydrogens (tertiary/aromatic N) is 3. The lowest BCUT2D eigenvalue weighted by Gasteiger charge is -2.30. The molecule has 0 radical (unpaired) electrons. The van der Waals surface area contributed by atoms with Crippen molar-refractivity contribution in [2.45, 2.75) is 25.8 Å². The Morgan fingerprint density at radius 3 is 3.06 bits per heavy atom. The van der Waals surface area contributed by atoms with E-state index in [0.29, 0.717) is 6.04 Å². The van der Waals surface area contributed by atoms with Crippen molar-refractivity contribution in [3.63, 3.8) is 0 Å². The number of aromatic nitrogens is 2. The number of benzene rings is 1. The third kappa shape index (κ3) is 1.95. The molecule has 3 heteroatoms. The monoisotopic (exact) mass is 229 g/mol. The first-order chi connectivity index (χ1) is 8.24. The number of piperidine rings is 1. The summed E-state index contributed by atoms with van der Waals surface area (Å²) in [7, 11) is 2.20. The first kappa shape index (κ1) is 10.8. The van der Waals surface area contributed by atoms with Crippen molar-refractivity contribution in [2.24, 2.45) is 0 Å². The number of hydrogen-bond donors (Lipinski definition) is 0. The van der Waals surface area contributed by atoms with Crippen molar-refractivity contribution in [1.82, 2.24) is 14.5 Å². The Labute approximate surface area is 102 Å². The molecule has 1 aliphatic rings. The van der Waals surface area contributed by atoms with E-state index in [1.807, 2.05) is 6.33 Å². The smallest absolute Gasteiger partial charge is 0.0961 e. The Kier molecular flexibility index (Phi) is 2.63. The zero-order valence-corrected chi connectivity index (χ0v) is 10.6. The highest BCUT2D eigenvalue weighted by Gasteiger charge is 2.20. The van der Waals surface area contributed by atoms with E-state index in [4.69, 9.17) is 0 Å². The molecule has 1 unspecified atom stereocenters. The van der Waals surface area contributed by atoms with E-state index >= 15 is 0 Å². The van der Waals surface area contributed by atoms with Gasteiger partial charge >= 0.3 is 0 Å². The molecule has 90 valence electrons. The highest BCUT2D eigenvalue weighted by molar-refractivity contribution is 5.76. The van der Waals surface area contributed by atoms with E-state index in [2.05, 4.69) is 46.6 Å². The summed E-state index contributed by atoms with van der Waals surface area (Å²) in [6.07, 6.45) is 4.56. The van der Waals surface area contributed by atoms with Crippen LogP contribution in [0.2, 0.25) is 0 Å². The molecule has 0 bridgehead atoms. The van der Waals surface area contributed by atoms with E-state index < -0.39 is 0 Å². The van der Waals surface area contributed by atoms with Gasteiger partial charge in [0.15, 0.2) is 0 Å². The minimum atomic E-state index is 0.584. The van der Waals surface area contributed by atoms with Gasteiger partial charge in [-0.05, 0) is 51.1 Å². The number of imidazole rings is 1.